The lowest BCUT2D eigenvalue weighted by Crippen LogP contribution is -2.55. The van der Waals surface area contributed by atoms with Gasteiger partial charge in [-0.1, -0.05) is 17.3 Å². The predicted octanol–water partition coefficient (Wildman–Crippen LogP) is 2.11. The second kappa shape index (κ2) is 7.57. The number of oxime groups is 1. The lowest BCUT2D eigenvalue weighted by Gasteiger charge is -2.39. The highest BCUT2D eigenvalue weighted by Crippen LogP contribution is 2.47. The summed E-state index contributed by atoms with van der Waals surface area (Å²) in [5.74, 6) is -2.13. The van der Waals surface area contributed by atoms with Crippen LogP contribution in [0.1, 0.15) is 38.2 Å². The molecule has 3 rings (SSSR count). The molecule has 1 aromatic carbocycles. The molecule has 0 bridgehead atoms. The summed E-state index contributed by atoms with van der Waals surface area (Å²) in [4.78, 5) is 42.2. The van der Waals surface area contributed by atoms with Gasteiger partial charge in [0.25, 0.3) is 6.04 Å². The van der Waals surface area contributed by atoms with Gasteiger partial charge >= 0.3 is 5.97 Å². The Bertz CT molecular complexity index is 820. The molecule has 0 N–H and O–H groups in total. The summed E-state index contributed by atoms with van der Waals surface area (Å²) in [5.41, 5.74) is -0.513. The third-order valence-electron chi connectivity index (χ3n) is 5.35. The van der Waals surface area contributed by atoms with Gasteiger partial charge < -0.3 is 14.3 Å². The van der Waals surface area contributed by atoms with Crippen molar-refractivity contribution in [3.63, 3.8) is 0 Å². The van der Waals surface area contributed by atoms with E-state index >= 15 is 0 Å². The molecule has 28 heavy (non-hydrogen) atoms. The van der Waals surface area contributed by atoms with Crippen LogP contribution in [0, 0.1) is 16.0 Å². The Balaban J connectivity index is 2.02. The monoisotopic (exact) mass is 390 g/mol. The van der Waals surface area contributed by atoms with Crippen LogP contribution < -0.4 is 4.74 Å². The van der Waals surface area contributed by atoms with E-state index in [2.05, 4.69) is 5.16 Å². The van der Waals surface area contributed by atoms with Crippen LogP contribution in [0.3, 0.4) is 0 Å². The number of benzene rings is 1. The van der Waals surface area contributed by atoms with Crippen LogP contribution in [-0.4, -0.2) is 47.7 Å². The lowest BCUT2D eigenvalue weighted by atomic mass is 9.65. The molecule has 0 unspecified atom stereocenters. The molecule has 9 nitrogen and oxygen atoms in total. The van der Waals surface area contributed by atoms with Crippen LogP contribution >= 0.6 is 0 Å². The first-order valence-electron chi connectivity index (χ1n) is 9.02. The van der Waals surface area contributed by atoms with Crippen LogP contribution in [0.25, 0.3) is 0 Å². The smallest absolute Gasteiger partial charge is 0.317 e. The number of nitrogens with zero attached hydrogens (tertiary/aromatic N) is 2. The lowest BCUT2D eigenvalue weighted by molar-refractivity contribution is -0.523. The fourth-order valence-corrected chi connectivity index (χ4v) is 4.15. The first-order chi connectivity index (χ1) is 13.3. The summed E-state index contributed by atoms with van der Waals surface area (Å²) in [7, 11) is 1.53. The van der Waals surface area contributed by atoms with E-state index in [1.807, 2.05) is 0 Å². The van der Waals surface area contributed by atoms with Crippen molar-refractivity contribution in [1.82, 2.24) is 0 Å². The van der Waals surface area contributed by atoms with E-state index in [9.17, 15) is 19.7 Å². The number of nitro groups is 1. The minimum atomic E-state index is -1.40. The first-order valence-corrected chi connectivity index (χ1v) is 9.02. The SMILES string of the molecule is CCOC(=O)[C@@H]1C(=O)C[C@@]2(C[C@H]1c1ccc(OC)cc1)ON=C(C)[C@@H]2[N+](=O)[O-]. The van der Waals surface area contributed by atoms with Crippen LogP contribution in [0.15, 0.2) is 29.4 Å². The number of ketones is 1. The number of esters is 1. The molecule has 1 aliphatic carbocycles. The number of rotatable bonds is 5. The topological polar surface area (TPSA) is 117 Å². The van der Waals surface area contributed by atoms with Crippen LogP contribution in [-0.2, 0) is 19.2 Å². The first kappa shape index (κ1) is 19.8. The number of ether oxygens (including phenoxy) is 2. The van der Waals surface area contributed by atoms with E-state index in [4.69, 9.17) is 14.3 Å². The van der Waals surface area contributed by atoms with Gasteiger partial charge in [-0.25, -0.2) is 0 Å². The summed E-state index contributed by atoms with van der Waals surface area (Å²) in [5, 5.41) is 15.5. The normalized spacial score (nSPS) is 29.2. The molecule has 1 aliphatic heterocycles. The van der Waals surface area contributed by atoms with Gasteiger partial charge in [-0.15, -0.1) is 0 Å². The van der Waals surface area contributed by atoms with E-state index in [0.717, 1.165) is 0 Å². The molecular formula is C19H22N2O7. The zero-order valence-corrected chi connectivity index (χ0v) is 15.9. The van der Waals surface area contributed by atoms with Crippen LogP contribution in [0.4, 0.5) is 0 Å². The molecule has 0 saturated heterocycles. The van der Waals surface area contributed by atoms with Crippen molar-refractivity contribution in [1.29, 1.82) is 0 Å². The Kier molecular flexibility index (Phi) is 5.35. The van der Waals surface area contributed by atoms with Crippen molar-refractivity contribution in [2.45, 2.75) is 44.2 Å². The van der Waals surface area contributed by atoms with Crippen molar-refractivity contribution in [3.8, 4) is 5.75 Å². The van der Waals surface area contributed by atoms with Gasteiger partial charge in [0.05, 0.1) is 20.1 Å². The second-order valence-electron chi connectivity index (χ2n) is 7.03. The van der Waals surface area contributed by atoms with Gasteiger partial charge in [0, 0.05) is 17.3 Å². The predicted molar refractivity (Wildman–Crippen MR) is 97.8 cm³/mol. The average Bonchev–Trinajstić information content (AvgIpc) is 2.96. The van der Waals surface area contributed by atoms with E-state index in [1.54, 1.807) is 31.2 Å². The Labute approximate surface area is 161 Å². The summed E-state index contributed by atoms with van der Waals surface area (Å²) >= 11 is 0. The molecule has 2 aliphatic rings. The maximum absolute atomic E-state index is 13.0. The molecule has 1 spiro atoms. The number of carbonyl (C=O) groups is 2. The fraction of sp³-hybridized carbons (Fsp3) is 0.526. The standard InChI is InChI=1S/C19H22N2O7/c1-4-27-18(23)16-14(12-5-7-13(26-3)8-6-12)9-19(10-15(16)22)17(21(24)25)11(2)20-28-19/h5-8,14,16-17H,4,9-10H2,1-3H3/t14-,16-,17-,19+/m0/s1. The molecular weight excluding hydrogens is 368 g/mol. The maximum atomic E-state index is 13.0. The van der Waals surface area contributed by atoms with Crippen molar-refractivity contribution in [2.24, 2.45) is 11.1 Å². The third kappa shape index (κ3) is 3.32. The molecule has 4 atom stereocenters. The van der Waals surface area contributed by atoms with Crippen LogP contribution in [0.5, 0.6) is 5.75 Å². The number of hydrogen-bond donors (Lipinski definition) is 0. The summed E-state index contributed by atoms with van der Waals surface area (Å²) in [6, 6.07) is 5.68. The zero-order valence-electron chi connectivity index (χ0n) is 15.9. The molecule has 9 heteroatoms. The Morgan fingerprint density at radius 1 is 1.39 bits per heavy atom. The Hall–Kier alpha value is -2.97. The minimum Gasteiger partial charge on any atom is -0.497 e. The third-order valence-corrected chi connectivity index (χ3v) is 5.35. The van der Waals surface area contributed by atoms with E-state index < -0.39 is 40.2 Å². The highest BCUT2D eigenvalue weighted by atomic mass is 16.7. The summed E-state index contributed by atoms with van der Waals surface area (Å²) in [6.07, 6.45) is -0.170. The molecule has 0 aromatic heterocycles. The Morgan fingerprint density at radius 3 is 2.64 bits per heavy atom. The maximum Gasteiger partial charge on any atom is 0.317 e. The van der Waals surface area contributed by atoms with Gasteiger partial charge in [-0.3, -0.25) is 19.7 Å². The fourth-order valence-electron chi connectivity index (χ4n) is 4.15. The van der Waals surface area contributed by atoms with Crippen molar-refractivity contribution < 1.29 is 28.8 Å². The highest BCUT2D eigenvalue weighted by Gasteiger charge is 2.63. The molecule has 150 valence electrons. The minimum absolute atomic E-state index is 0.0983. The van der Waals surface area contributed by atoms with Gasteiger partial charge in [-0.2, -0.15) is 0 Å². The van der Waals surface area contributed by atoms with E-state index in [0.29, 0.717) is 11.3 Å². The number of methoxy groups -OCH3 is 1. The number of Topliss-reactive ketones (excluding diaryl/α,β-unsaturated/α-hetero) is 1. The van der Waals surface area contributed by atoms with Crippen molar-refractivity contribution in [3.05, 3.63) is 39.9 Å². The van der Waals surface area contributed by atoms with Gasteiger partial charge in [0.2, 0.25) is 5.60 Å². The summed E-state index contributed by atoms with van der Waals surface area (Å²) < 4.78 is 10.3. The highest BCUT2D eigenvalue weighted by molar-refractivity contribution is 6.02. The molecule has 1 fully saturated rings. The van der Waals surface area contributed by atoms with Gasteiger partial charge in [-0.05, 0) is 31.5 Å². The average molecular weight is 390 g/mol. The number of carbonyl (C=O) groups excluding carboxylic acids is 2. The van der Waals surface area contributed by atoms with Gasteiger partial charge in [0.15, 0.2) is 5.78 Å². The molecule has 1 saturated carbocycles. The molecule has 1 aromatic rings. The van der Waals surface area contributed by atoms with Crippen molar-refractivity contribution in [2.75, 3.05) is 13.7 Å². The molecule has 0 radical (unpaired) electrons. The van der Waals surface area contributed by atoms with Gasteiger partial charge in [0.1, 0.15) is 17.4 Å². The van der Waals surface area contributed by atoms with E-state index in [-0.39, 0.29) is 25.2 Å². The zero-order chi connectivity index (χ0) is 20.5. The molecule has 1 heterocycles. The number of hydrogen-bond acceptors (Lipinski definition) is 8. The van der Waals surface area contributed by atoms with Crippen LogP contribution in [0.2, 0.25) is 0 Å². The second-order valence-corrected chi connectivity index (χ2v) is 7.03. The molecule has 0 amide bonds. The summed E-state index contributed by atoms with van der Waals surface area (Å²) in [6.45, 7) is 3.31. The quantitative estimate of drug-likeness (QED) is 0.327. The largest absolute Gasteiger partial charge is 0.497 e. The van der Waals surface area contributed by atoms with E-state index in [1.165, 1.54) is 14.0 Å². The van der Waals surface area contributed by atoms with Crippen molar-refractivity contribution >= 4 is 17.5 Å². The Morgan fingerprint density at radius 2 is 2.07 bits per heavy atom.